The molecule has 1 aromatic heterocycles. The molecule has 4 rings (SSSR count). The second-order valence-corrected chi connectivity index (χ2v) is 6.77. The number of carbonyl (C=O) groups is 1. The van der Waals surface area contributed by atoms with Crippen LogP contribution in [0.25, 0.3) is 22.2 Å². The summed E-state index contributed by atoms with van der Waals surface area (Å²) in [6.45, 7) is 0. The molecule has 4 heteroatoms. The smallest absolute Gasteiger partial charge is 0.224 e. The first kappa shape index (κ1) is 16.6. The third-order valence-corrected chi connectivity index (χ3v) is 4.95. The number of hydrogen-bond acceptors (Lipinski definition) is 3. The highest BCUT2D eigenvalue weighted by Gasteiger charge is 2.26. The number of hydrogen-bond donors (Lipinski definition) is 1. The lowest BCUT2D eigenvalue weighted by molar-refractivity contribution is -0.119. The Kier molecular flexibility index (Phi) is 4.33. The van der Waals surface area contributed by atoms with Gasteiger partial charge in [-0.2, -0.15) is 0 Å². The molecule has 2 aromatic carbocycles. The number of ether oxygens (including phenoxy) is 1. The number of pyridine rings is 1. The molecule has 26 heavy (non-hydrogen) atoms. The second kappa shape index (κ2) is 6.79. The molecule has 3 aromatic rings. The molecular formula is C22H22N2O2. The van der Waals surface area contributed by atoms with Gasteiger partial charge in [0.2, 0.25) is 5.91 Å². The van der Waals surface area contributed by atoms with Crippen LogP contribution < -0.4 is 10.1 Å². The van der Waals surface area contributed by atoms with Gasteiger partial charge in [0.05, 0.1) is 24.7 Å². The zero-order valence-corrected chi connectivity index (χ0v) is 15.1. The predicted octanol–water partition coefficient (Wildman–Crippen LogP) is 4.08. The minimum Gasteiger partial charge on any atom is -0.496 e. The van der Waals surface area contributed by atoms with Gasteiger partial charge in [0, 0.05) is 18.0 Å². The molecule has 0 unspecified atom stereocenters. The first-order valence-electron chi connectivity index (χ1n) is 8.97. The SMILES string of the molecule is CNC(=O)Cc1ccc2c(C3CC3)cc(-c3ccccc3OC)nc2c1. The molecule has 0 spiro atoms. The van der Waals surface area contributed by atoms with Crippen LogP contribution in [0.4, 0.5) is 0 Å². The van der Waals surface area contributed by atoms with Gasteiger partial charge in [-0.05, 0) is 54.2 Å². The molecule has 0 bridgehead atoms. The lowest BCUT2D eigenvalue weighted by atomic mass is 9.98. The fourth-order valence-corrected chi connectivity index (χ4v) is 3.41. The van der Waals surface area contributed by atoms with E-state index in [4.69, 9.17) is 9.72 Å². The maximum atomic E-state index is 11.7. The Balaban J connectivity index is 1.87. The van der Waals surface area contributed by atoms with Gasteiger partial charge in [-0.3, -0.25) is 4.79 Å². The van der Waals surface area contributed by atoms with Crippen molar-refractivity contribution in [2.45, 2.75) is 25.2 Å². The molecule has 4 nitrogen and oxygen atoms in total. The van der Waals surface area contributed by atoms with E-state index < -0.39 is 0 Å². The van der Waals surface area contributed by atoms with Gasteiger partial charge < -0.3 is 10.1 Å². The first-order valence-corrected chi connectivity index (χ1v) is 8.97. The number of carbonyl (C=O) groups excluding carboxylic acids is 1. The zero-order chi connectivity index (χ0) is 18.1. The van der Waals surface area contributed by atoms with Crippen LogP contribution in [-0.4, -0.2) is 25.0 Å². The number of fused-ring (bicyclic) bond motifs is 1. The summed E-state index contributed by atoms with van der Waals surface area (Å²) in [4.78, 5) is 16.6. The molecule has 1 heterocycles. The van der Waals surface area contributed by atoms with Gasteiger partial charge in [-0.1, -0.05) is 24.3 Å². The number of methoxy groups -OCH3 is 1. The van der Waals surface area contributed by atoms with Crippen LogP contribution in [0, 0.1) is 0 Å². The summed E-state index contributed by atoms with van der Waals surface area (Å²) in [7, 11) is 3.34. The third kappa shape index (κ3) is 3.15. The molecule has 1 saturated carbocycles. The molecule has 1 N–H and O–H groups in total. The van der Waals surface area contributed by atoms with Crippen LogP contribution in [-0.2, 0) is 11.2 Å². The maximum absolute atomic E-state index is 11.7. The second-order valence-electron chi connectivity index (χ2n) is 6.77. The van der Waals surface area contributed by atoms with Gasteiger partial charge in [0.15, 0.2) is 0 Å². The van der Waals surface area contributed by atoms with E-state index in [2.05, 4.69) is 17.4 Å². The molecule has 1 aliphatic rings. The molecule has 132 valence electrons. The van der Waals surface area contributed by atoms with Crippen molar-refractivity contribution in [1.82, 2.24) is 10.3 Å². The normalized spacial score (nSPS) is 13.6. The molecule has 0 atom stereocenters. The number of amides is 1. The quantitative estimate of drug-likeness (QED) is 0.757. The van der Waals surface area contributed by atoms with Crippen LogP contribution in [0.5, 0.6) is 5.75 Å². The van der Waals surface area contributed by atoms with Gasteiger partial charge in [-0.25, -0.2) is 4.98 Å². The Labute approximate surface area is 153 Å². The van der Waals surface area contributed by atoms with Crippen molar-refractivity contribution < 1.29 is 9.53 Å². The van der Waals surface area contributed by atoms with Crippen molar-refractivity contribution in [2.24, 2.45) is 0 Å². The van der Waals surface area contributed by atoms with E-state index in [1.807, 2.05) is 36.4 Å². The number of likely N-dealkylation sites (N-methyl/N-ethyl adjacent to an activating group) is 1. The summed E-state index contributed by atoms with van der Waals surface area (Å²) in [5.41, 5.74) is 5.19. The van der Waals surface area contributed by atoms with Crippen LogP contribution in [0.15, 0.2) is 48.5 Å². The van der Waals surface area contributed by atoms with E-state index in [1.165, 1.54) is 23.8 Å². The lowest BCUT2D eigenvalue weighted by Crippen LogP contribution is -2.19. The average Bonchev–Trinajstić information content (AvgIpc) is 3.52. The highest BCUT2D eigenvalue weighted by atomic mass is 16.5. The summed E-state index contributed by atoms with van der Waals surface area (Å²) >= 11 is 0. The summed E-state index contributed by atoms with van der Waals surface area (Å²) in [5.74, 6) is 1.44. The van der Waals surface area contributed by atoms with E-state index in [9.17, 15) is 4.79 Å². The fraction of sp³-hybridized carbons (Fsp3) is 0.273. The van der Waals surface area contributed by atoms with Crippen molar-refractivity contribution in [2.75, 3.05) is 14.2 Å². The van der Waals surface area contributed by atoms with Crippen molar-refractivity contribution in [3.8, 4) is 17.0 Å². The Morgan fingerprint density at radius 3 is 2.73 bits per heavy atom. The predicted molar refractivity (Wildman–Crippen MR) is 103 cm³/mol. The molecule has 0 saturated heterocycles. The van der Waals surface area contributed by atoms with E-state index in [1.54, 1.807) is 14.2 Å². The highest BCUT2D eigenvalue weighted by molar-refractivity contribution is 5.88. The molecular weight excluding hydrogens is 324 g/mol. The van der Waals surface area contributed by atoms with Crippen molar-refractivity contribution in [3.05, 3.63) is 59.7 Å². The number of benzene rings is 2. The number of rotatable bonds is 5. The van der Waals surface area contributed by atoms with Crippen LogP contribution >= 0.6 is 0 Å². The van der Waals surface area contributed by atoms with Crippen molar-refractivity contribution >= 4 is 16.8 Å². The van der Waals surface area contributed by atoms with Crippen LogP contribution in [0.3, 0.4) is 0 Å². The maximum Gasteiger partial charge on any atom is 0.224 e. The molecule has 1 fully saturated rings. The summed E-state index contributed by atoms with van der Waals surface area (Å²) in [6.07, 6.45) is 2.82. The first-order chi connectivity index (χ1) is 12.7. The Hall–Kier alpha value is -2.88. The monoisotopic (exact) mass is 346 g/mol. The molecule has 0 aliphatic heterocycles. The lowest BCUT2D eigenvalue weighted by Gasteiger charge is -2.13. The summed E-state index contributed by atoms with van der Waals surface area (Å²) in [6, 6.07) is 16.4. The minimum absolute atomic E-state index is 0.00708. The van der Waals surface area contributed by atoms with E-state index >= 15 is 0 Å². The number of para-hydroxylation sites is 1. The standard InChI is InChI=1S/C22H22N2O2/c1-23-22(25)12-14-7-10-16-18(15-8-9-15)13-20(24-19(16)11-14)17-5-3-4-6-21(17)26-2/h3-7,10-11,13,15H,8-9,12H2,1-2H3,(H,23,25). The van der Waals surface area contributed by atoms with Crippen LogP contribution in [0.1, 0.15) is 29.9 Å². The van der Waals surface area contributed by atoms with Gasteiger partial charge in [-0.15, -0.1) is 0 Å². The Morgan fingerprint density at radius 2 is 2.00 bits per heavy atom. The van der Waals surface area contributed by atoms with Crippen LogP contribution in [0.2, 0.25) is 0 Å². The van der Waals surface area contributed by atoms with Gasteiger partial charge in [0.25, 0.3) is 0 Å². The summed E-state index contributed by atoms with van der Waals surface area (Å²) in [5, 5.41) is 3.86. The van der Waals surface area contributed by atoms with E-state index in [0.29, 0.717) is 12.3 Å². The molecule has 1 aliphatic carbocycles. The zero-order valence-electron chi connectivity index (χ0n) is 15.1. The number of nitrogens with one attached hydrogen (secondary N) is 1. The molecule has 0 radical (unpaired) electrons. The minimum atomic E-state index is 0.00708. The average molecular weight is 346 g/mol. The Morgan fingerprint density at radius 1 is 1.19 bits per heavy atom. The number of aromatic nitrogens is 1. The summed E-state index contributed by atoms with van der Waals surface area (Å²) < 4.78 is 5.53. The topological polar surface area (TPSA) is 51.2 Å². The van der Waals surface area contributed by atoms with E-state index in [-0.39, 0.29) is 5.91 Å². The van der Waals surface area contributed by atoms with Gasteiger partial charge in [0.1, 0.15) is 5.75 Å². The fourth-order valence-electron chi connectivity index (χ4n) is 3.41. The van der Waals surface area contributed by atoms with Crippen molar-refractivity contribution in [3.63, 3.8) is 0 Å². The Bertz CT molecular complexity index is 977. The van der Waals surface area contributed by atoms with Gasteiger partial charge >= 0.3 is 0 Å². The van der Waals surface area contributed by atoms with E-state index in [0.717, 1.165) is 28.1 Å². The number of nitrogens with zero attached hydrogens (tertiary/aromatic N) is 1. The molecule has 1 amide bonds. The van der Waals surface area contributed by atoms with Crippen molar-refractivity contribution in [1.29, 1.82) is 0 Å². The largest absolute Gasteiger partial charge is 0.496 e. The highest BCUT2D eigenvalue weighted by Crippen LogP contribution is 2.44. The third-order valence-electron chi connectivity index (χ3n) is 4.95.